The van der Waals surface area contributed by atoms with Crippen LogP contribution in [0.4, 0.5) is 0 Å². The average Bonchev–Trinajstić information content (AvgIpc) is 2.86. The quantitative estimate of drug-likeness (QED) is 0.782. The SMILES string of the molecule is C[C@H]1COC[C@H](C)C1S(=O)(=O)NC1CC1. The number of hydrogen-bond acceptors (Lipinski definition) is 3. The van der Waals surface area contributed by atoms with E-state index in [9.17, 15) is 8.42 Å². The molecule has 88 valence electrons. The van der Waals surface area contributed by atoms with Crippen LogP contribution in [-0.4, -0.2) is 32.9 Å². The van der Waals surface area contributed by atoms with E-state index < -0.39 is 10.0 Å². The molecule has 0 aromatic heterocycles. The zero-order valence-corrected chi connectivity index (χ0v) is 10.1. The maximum absolute atomic E-state index is 12.1. The van der Waals surface area contributed by atoms with Gasteiger partial charge in [0.1, 0.15) is 0 Å². The smallest absolute Gasteiger partial charge is 0.215 e. The molecule has 0 spiro atoms. The molecule has 0 amide bonds. The number of nitrogens with one attached hydrogen (secondary N) is 1. The van der Waals surface area contributed by atoms with Gasteiger partial charge in [-0.1, -0.05) is 13.8 Å². The molecule has 0 radical (unpaired) electrons. The van der Waals surface area contributed by atoms with E-state index in [4.69, 9.17) is 4.74 Å². The highest BCUT2D eigenvalue weighted by molar-refractivity contribution is 7.90. The van der Waals surface area contributed by atoms with Gasteiger partial charge in [0.05, 0.1) is 18.5 Å². The molecule has 0 aromatic carbocycles. The molecule has 0 aromatic rings. The summed E-state index contributed by atoms with van der Waals surface area (Å²) in [5.74, 6) is 0.176. The molecule has 1 aliphatic carbocycles. The van der Waals surface area contributed by atoms with E-state index in [1.165, 1.54) is 0 Å². The summed E-state index contributed by atoms with van der Waals surface area (Å²) in [4.78, 5) is 0. The molecule has 1 heterocycles. The predicted octanol–water partition coefficient (Wildman–Crippen LogP) is 0.739. The van der Waals surface area contributed by atoms with Crippen molar-refractivity contribution < 1.29 is 13.2 Å². The molecule has 0 unspecified atom stereocenters. The Hall–Kier alpha value is -0.130. The van der Waals surface area contributed by atoms with Crippen LogP contribution in [-0.2, 0) is 14.8 Å². The molecule has 1 saturated heterocycles. The van der Waals surface area contributed by atoms with Gasteiger partial charge in [-0.2, -0.15) is 0 Å². The largest absolute Gasteiger partial charge is 0.381 e. The van der Waals surface area contributed by atoms with Crippen molar-refractivity contribution in [1.82, 2.24) is 4.72 Å². The molecule has 15 heavy (non-hydrogen) atoms. The lowest BCUT2D eigenvalue weighted by Crippen LogP contribution is -2.48. The van der Waals surface area contributed by atoms with Gasteiger partial charge in [-0.05, 0) is 24.7 Å². The number of sulfonamides is 1. The van der Waals surface area contributed by atoms with Gasteiger partial charge < -0.3 is 4.74 Å². The first-order valence-electron chi connectivity index (χ1n) is 5.59. The first kappa shape index (κ1) is 11.4. The van der Waals surface area contributed by atoms with Crippen molar-refractivity contribution in [2.75, 3.05) is 13.2 Å². The Bertz CT molecular complexity index is 314. The number of hydrogen-bond donors (Lipinski definition) is 1. The van der Waals surface area contributed by atoms with Crippen molar-refractivity contribution in [1.29, 1.82) is 0 Å². The van der Waals surface area contributed by atoms with Crippen LogP contribution in [0.1, 0.15) is 26.7 Å². The van der Waals surface area contributed by atoms with Gasteiger partial charge in [0, 0.05) is 6.04 Å². The number of rotatable bonds is 3. The first-order chi connectivity index (χ1) is 7.00. The van der Waals surface area contributed by atoms with E-state index in [1.54, 1.807) is 0 Å². The van der Waals surface area contributed by atoms with Crippen molar-refractivity contribution >= 4 is 10.0 Å². The van der Waals surface area contributed by atoms with Crippen LogP contribution >= 0.6 is 0 Å². The zero-order chi connectivity index (χ0) is 11.1. The molecule has 5 heteroatoms. The Morgan fingerprint density at radius 2 is 1.67 bits per heavy atom. The van der Waals surface area contributed by atoms with E-state index in [0.717, 1.165) is 12.8 Å². The molecule has 1 aliphatic heterocycles. The maximum Gasteiger partial charge on any atom is 0.215 e. The Labute approximate surface area is 91.4 Å². The lowest BCUT2D eigenvalue weighted by atomic mass is 9.95. The summed E-state index contributed by atoms with van der Waals surface area (Å²) in [6.45, 7) is 5.01. The Morgan fingerprint density at radius 3 is 2.13 bits per heavy atom. The normalized spacial score (nSPS) is 34.3. The molecule has 1 N–H and O–H groups in total. The van der Waals surface area contributed by atoms with Gasteiger partial charge in [-0.25, -0.2) is 13.1 Å². The van der Waals surface area contributed by atoms with Gasteiger partial charge in [0.15, 0.2) is 0 Å². The highest BCUT2D eigenvalue weighted by Crippen LogP contribution is 2.28. The fourth-order valence-electron chi connectivity index (χ4n) is 2.31. The predicted molar refractivity (Wildman–Crippen MR) is 58.0 cm³/mol. The first-order valence-corrected chi connectivity index (χ1v) is 7.14. The van der Waals surface area contributed by atoms with Crippen LogP contribution in [0, 0.1) is 11.8 Å². The summed E-state index contributed by atoms with van der Waals surface area (Å²) in [6, 6.07) is 0.206. The van der Waals surface area contributed by atoms with Gasteiger partial charge in [-0.15, -0.1) is 0 Å². The Balaban J connectivity index is 2.11. The molecule has 2 atom stereocenters. The zero-order valence-electron chi connectivity index (χ0n) is 9.27. The topological polar surface area (TPSA) is 55.4 Å². The van der Waals surface area contributed by atoms with Crippen molar-refractivity contribution in [3.8, 4) is 0 Å². The van der Waals surface area contributed by atoms with Crippen LogP contribution in [0.5, 0.6) is 0 Å². The molecule has 4 nitrogen and oxygen atoms in total. The van der Waals surface area contributed by atoms with E-state index in [2.05, 4.69) is 4.72 Å². The summed E-state index contributed by atoms with van der Waals surface area (Å²) < 4.78 is 32.3. The Kier molecular flexibility index (Phi) is 3.05. The summed E-state index contributed by atoms with van der Waals surface area (Å²) >= 11 is 0. The summed E-state index contributed by atoms with van der Waals surface area (Å²) in [7, 11) is -3.15. The second-order valence-corrected chi connectivity index (χ2v) is 6.76. The van der Waals surface area contributed by atoms with Crippen LogP contribution in [0.15, 0.2) is 0 Å². The molecule has 1 saturated carbocycles. The lowest BCUT2D eigenvalue weighted by Gasteiger charge is -2.33. The fourth-order valence-corrected chi connectivity index (χ4v) is 4.55. The minimum Gasteiger partial charge on any atom is -0.381 e. The third-order valence-corrected chi connectivity index (χ3v) is 5.46. The number of ether oxygens (including phenoxy) is 1. The maximum atomic E-state index is 12.1. The Morgan fingerprint density at radius 1 is 1.13 bits per heavy atom. The third kappa shape index (κ3) is 2.52. The second kappa shape index (κ2) is 4.03. The average molecular weight is 233 g/mol. The van der Waals surface area contributed by atoms with Crippen molar-refractivity contribution in [2.45, 2.75) is 38.0 Å². The molecule has 2 rings (SSSR count). The van der Waals surface area contributed by atoms with Crippen LogP contribution in [0.2, 0.25) is 0 Å². The fraction of sp³-hybridized carbons (Fsp3) is 1.00. The lowest BCUT2D eigenvalue weighted by molar-refractivity contribution is 0.0300. The van der Waals surface area contributed by atoms with Crippen molar-refractivity contribution in [3.63, 3.8) is 0 Å². The van der Waals surface area contributed by atoms with Gasteiger partial charge in [-0.3, -0.25) is 0 Å². The summed E-state index contributed by atoms with van der Waals surface area (Å²) in [5.41, 5.74) is 0. The van der Waals surface area contributed by atoms with Gasteiger partial charge >= 0.3 is 0 Å². The monoisotopic (exact) mass is 233 g/mol. The molecule has 0 bridgehead atoms. The van der Waals surface area contributed by atoms with Crippen molar-refractivity contribution in [2.24, 2.45) is 11.8 Å². The molecule has 2 fully saturated rings. The van der Waals surface area contributed by atoms with Crippen LogP contribution in [0.25, 0.3) is 0 Å². The van der Waals surface area contributed by atoms with Gasteiger partial charge in [0.25, 0.3) is 0 Å². The van der Waals surface area contributed by atoms with E-state index in [0.29, 0.717) is 13.2 Å². The molecular formula is C10H19NO3S. The van der Waals surface area contributed by atoms with Crippen LogP contribution < -0.4 is 4.72 Å². The third-order valence-electron chi connectivity index (χ3n) is 3.15. The van der Waals surface area contributed by atoms with E-state index in [-0.39, 0.29) is 23.1 Å². The molecular weight excluding hydrogens is 214 g/mol. The standard InChI is InChI=1S/C10H19NO3S/c1-7-5-14-6-8(2)10(7)15(12,13)11-9-3-4-9/h7-11H,3-6H2,1-2H3/t7-,8-/m0/s1. The second-order valence-electron chi connectivity index (χ2n) is 4.89. The highest BCUT2D eigenvalue weighted by Gasteiger charge is 2.41. The van der Waals surface area contributed by atoms with Crippen LogP contribution in [0.3, 0.4) is 0 Å². The minimum atomic E-state index is -3.15. The van der Waals surface area contributed by atoms with E-state index >= 15 is 0 Å². The van der Waals surface area contributed by atoms with Crippen molar-refractivity contribution in [3.05, 3.63) is 0 Å². The minimum absolute atomic E-state index is 0.0880. The summed E-state index contributed by atoms with van der Waals surface area (Å²) in [5, 5.41) is -0.285. The molecule has 2 aliphatic rings. The van der Waals surface area contributed by atoms with E-state index in [1.807, 2.05) is 13.8 Å². The highest BCUT2D eigenvalue weighted by atomic mass is 32.2. The van der Waals surface area contributed by atoms with Gasteiger partial charge in [0.2, 0.25) is 10.0 Å². The summed E-state index contributed by atoms with van der Waals surface area (Å²) in [6.07, 6.45) is 1.98.